The monoisotopic (exact) mass is 796 g/mol. The molecular weight excluding hydrogens is 728 g/mol. The summed E-state index contributed by atoms with van der Waals surface area (Å²) in [4.78, 5) is 0. The van der Waals surface area contributed by atoms with E-state index >= 15 is 0 Å². The molecule has 320 valence electrons. The molecule has 3 heterocycles. The fraction of sp³-hybridized carbons (Fsp3) is 0.952. The summed E-state index contributed by atoms with van der Waals surface area (Å²) in [6.07, 6.45) is -5.19. The molecule has 0 aromatic carbocycles. The van der Waals surface area contributed by atoms with Gasteiger partial charge in [0.2, 0.25) is 0 Å². The van der Waals surface area contributed by atoms with Crippen molar-refractivity contribution in [3.63, 3.8) is 0 Å². The van der Waals surface area contributed by atoms with E-state index in [1.807, 2.05) is 6.92 Å². The SMILES string of the molecule is CC1(C)CC[C@]23CO[C@@]4(C=C[C@@H]5[C@@]6(C)CC[C@H](O[C@@H]7O[C@H](CO)[C@@H](O)[C@H](O)[C@H]7O[C@@H]7O[C@H](CO)[C@@H](O)[C@H](O)[C@H]7O)[C@@](C)(CO)C6CC[C@@]5(C)[C@]4(C)C[C@@H]2O)[C@@H]3C1. The maximum atomic E-state index is 12.1. The minimum atomic E-state index is -1.78. The molecule has 2 bridgehead atoms. The van der Waals surface area contributed by atoms with Crippen molar-refractivity contribution in [1.29, 1.82) is 0 Å². The minimum Gasteiger partial charge on any atom is -0.396 e. The van der Waals surface area contributed by atoms with Gasteiger partial charge in [-0.05, 0) is 79.4 Å². The molecule has 14 heteroatoms. The van der Waals surface area contributed by atoms with Crippen LogP contribution in [0, 0.1) is 50.2 Å². The molecule has 56 heavy (non-hydrogen) atoms. The van der Waals surface area contributed by atoms with Crippen LogP contribution < -0.4 is 0 Å². The highest BCUT2D eigenvalue weighted by molar-refractivity contribution is 5.36. The standard InChI is InChI=1S/C42H68O14/c1-36(2)13-14-41-20-52-42(25(41)15-36)12-8-24-37(3)10-9-27(38(4,19-45)23(37)7-11-39(24,5)40(42,6)16-26(41)46)55-35-33(31(50)29(48)22(18-44)54-35)56-34-32(51)30(49)28(47)21(17-43)53-34/h8,12,21-35,43-51H,7,9-11,13-20H2,1-6H3/t21-,22-,23?,24-,25-,26+,27+,28-,29-,30+,31+,32-,33-,34+,35+,37+,38+,39-,40+,41-,42+/m1/s1. The van der Waals surface area contributed by atoms with E-state index < -0.39 is 97.8 Å². The van der Waals surface area contributed by atoms with E-state index in [0.717, 1.165) is 38.5 Å². The van der Waals surface area contributed by atoms with Crippen LogP contribution in [0.15, 0.2) is 12.2 Å². The molecule has 4 saturated carbocycles. The molecule has 0 radical (unpaired) electrons. The van der Waals surface area contributed by atoms with Crippen molar-refractivity contribution < 1.29 is 69.6 Å². The van der Waals surface area contributed by atoms with Crippen LogP contribution in [0.3, 0.4) is 0 Å². The first-order chi connectivity index (χ1) is 26.2. The molecule has 7 fully saturated rings. The van der Waals surface area contributed by atoms with Crippen LogP contribution in [0.1, 0.15) is 92.9 Å². The van der Waals surface area contributed by atoms with Gasteiger partial charge in [-0.3, -0.25) is 0 Å². The molecule has 21 atom stereocenters. The molecule has 1 spiro atoms. The normalized spacial score (nSPS) is 58.8. The Balaban J connectivity index is 1.09. The molecule has 8 rings (SSSR count). The Labute approximate surface area is 330 Å². The van der Waals surface area contributed by atoms with Gasteiger partial charge in [-0.2, -0.15) is 0 Å². The van der Waals surface area contributed by atoms with Crippen LogP contribution in [0.5, 0.6) is 0 Å². The Morgan fingerprint density at radius 1 is 0.679 bits per heavy atom. The molecular formula is C42H68O14. The number of hydrogen-bond donors (Lipinski definition) is 9. The molecule has 0 aromatic heterocycles. The Hall–Kier alpha value is -0.820. The molecule has 3 saturated heterocycles. The molecule has 1 unspecified atom stereocenters. The maximum Gasteiger partial charge on any atom is 0.187 e. The third-order valence-electron chi connectivity index (χ3n) is 18.0. The molecule has 0 amide bonds. The van der Waals surface area contributed by atoms with Gasteiger partial charge in [0.25, 0.3) is 0 Å². The predicted molar refractivity (Wildman–Crippen MR) is 198 cm³/mol. The van der Waals surface area contributed by atoms with Gasteiger partial charge < -0.3 is 69.6 Å². The third kappa shape index (κ3) is 5.51. The summed E-state index contributed by atoms with van der Waals surface area (Å²) in [5.41, 5.74) is -2.19. The number of ether oxygens (including phenoxy) is 5. The van der Waals surface area contributed by atoms with E-state index in [0.29, 0.717) is 19.4 Å². The predicted octanol–water partition coefficient (Wildman–Crippen LogP) is 0.749. The first-order valence-electron chi connectivity index (χ1n) is 21.1. The number of fused-ring (bicyclic) bond motifs is 4. The summed E-state index contributed by atoms with van der Waals surface area (Å²) in [6.45, 7) is 12.9. The Kier molecular flexibility index (Phi) is 10.4. The number of aliphatic hydroxyl groups is 9. The van der Waals surface area contributed by atoms with Crippen molar-refractivity contribution in [2.24, 2.45) is 50.2 Å². The van der Waals surface area contributed by atoms with Gasteiger partial charge in [0.05, 0.1) is 44.2 Å². The Morgan fingerprint density at radius 3 is 2.00 bits per heavy atom. The minimum absolute atomic E-state index is 0.0256. The summed E-state index contributed by atoms with van der Waals surface area (Å²) in [5, 5.41) is 97.0. The summed E-state index contributed by atoms with van der Waals surface area (Å²) in [7, 11) is 0. The number of rotatable bonds is 7. The van der Waals surface area contributed by atoms with Crippen LogP contribution in [-0.4, -0.2) is 152 Å². The molecule has 0 aromatic rings. The molecule has 8 aliphatic rings. The lowest BCUT2D eigenvalue weighted by molar-refractivity contribution is -0.379. The van der Waals surface area contributed by atoms with Crippen LogP contribution in [0.2, 0.25) is 0 Å². The second-order valence-electron chi connectivity index (χ2n) is 21.0. The van der Waals surface area contributed by atoms with Crippen molar-refractivity contribution in [1.82, 2.24) is 0 Å². The van der Waals surface area contributed by atoms with Gasteiger partial charge >= 0.3 is 0 Å². The summed E-state index contributed by atoms with van der Waals surface area (Å²) >= 11 is 0. The van der Waals surface area contributed by atoms with Gasteiger partial charge in [0.15, 0.2) is 12.6 Å². The molecule has 14 nitrogen and oxygen atoms in total. The van der Waals surface area contributed by atoms with E-state index in [4.69, 9.17) is 23.7 Å². The fourth-order valence-corrected chi connectivity index (χ4v) is 14.3. The lowest BCUT2D eigenvalue weighted by Gasteiger charge is -2.73. The van der Waals surface area contributed by atoms with Gasteiger partial charge in [0, 0.05) is 22.2 Å². The van der Waals surface area contributed by atoms with Gasteiger partial charge in [-0.1, -0.05) is 53.7 Å². The number of aliphatic hydroxyl groups excluding tert-OH is 9. The molecule has 9 N–H and O–H groups in total. The number of allylic oxidation sites excluding steroid dienone is 1. The van der Waals surface area contributed by atoms with Crippen LogP contribution in [0.25, 0.3) is 0 Å². The first kappa shape index (κ1) is 41.9. The zero-order valence-electron chi connectivity index (χ0n) is 33.9. The highest BCUT2D eigenvalue weighted by atomic mass is 16.8. The lowest BCUT2D eigenvalue weighted by atomic mass is 9.32. The largest absolute Gasteiger partial charge is 0.396 e. The average molecular weight is 797 g/mol. The van der Waals surface area contributed by atoms with Crippen molar-refractivity contribution in [3.8, 4) is 0 Å². The second-order valence-corrected chi connectivity index (χ2v) is 21.0. The zero-order valence-corrected chi connectivity index (χ0v) is 33.9. The quantitative estimate of drug-likeness (QED) is 0.128. The molecule has 3 aliphatic heterocycles. The highest BCUT2D eigenvalue weighted by Gasteiger charge is 2.79. The van der Waals surface area contributed by atoms with Crippen molar-refractivity contribution in [2.45, 2.75) is 172 Å². The van der Waals surface area contributed by atoms with Gasteiger partial charge in [-0.15, -0.1) is 0 Å². The van der Waals surface area contributed by atoms with Crippen molar-refractivity contribution in [2.75, 3.05) is 26.4 Å². The van der Waals surface area contributed by atoms with Crippen LogP contribution in [0.4, 0.5) is 0 Å². The summed E-state index contributed by atoms with van der Waals surface area (Å²) in [6, 6.07) is 0. The molecule has 5 aliphatic carbocycles. The third-order valence-corrected chi connectivity index (χ3v) is 18.0. The smallest absolute Gasteiger partial charge is 0.187 e. The van der Waals surface area contributed by atoms with E-state index in [2.05, 4.69) is 46.8 Å². The van der Waals surface area contributed by atoms with Crippen molar-refractivity contribution >= 4 is 0 Å². The van der Waals surface area contributed by atoms with Crippen molar-refractivity contribution in [3.05, 3.63) is 12.2 Å². The summed E-state index contributed by atoms with van der Waals surface area (Å²) in [5.74, 6) is 0.312. The zero-order chi connectivity index (χ0) is 40.6. The first-order valence-corrected chi connectivity index (χ1v) is 21.1. The Bertz CT molecular complexity index is 1510. The van der Waals surface area contributed by atoms with E-state index in [-0.39, 0.29) is 51.4 Å². The summed E-state index contributed by atoms with van der Waals surface area (Å²) < 4.78 is 31.4. The Morgan fingerprint density at radius 2 is 1.34 bits per heavy atom. The van der Waals surface area contributed by atoms with Gasteiger partial charge in [0.1, 0.15) is 48.8 Å². The fourth-order valence-electron chi connectivity index (χ4n) is 14.3. The van der Waals surface area contributed by atoms with Crippen LogP contribution in [-0.2, 0) is 23.7 Å². The maximum absolute atomic E-state index is 12.1. The second kappa shape index (κ2) is 13.9. The lowest BCUT2D eigenvalue weighted by Crippen LogP contribution is -2.72. The average Bonchev–Trinajstić information content (AvgIpc) is 3.43. The van der Waals surface area contributed by atoms with Crippen LogP contribution >= 0.6 is 0 Å². The number of hydrogen-bond acceptors (Lipinski definition) is 14. The van der Waals surface area contributed by atoms with E-state index in [1.165, 1.54) is 0 Å². The topological polar surface area (TPSA) is 228 Å². The van der Waals surface area contributed by atoms with E-state index in [9.17, 15) is 46.0 Å². The highest BCUT2D eigenvalue weighted by Crippen LogP contribution is 2.79. The van der Waals surface area contributed by atoms with Gasteiger partial charge in [-0.25, -0.2) is 0 Å². The van der Waals surface area contributed by atoms with E-state index in [1.54, 1.807) is 0 Å².